The zero-order valence-electron chi connectivity index (χ0n) is 9.76. The van der Waals surface area contributed by atoms with E-state index in [1.807, 2.05) is 6.92 Å². The quantitative estimate of drug-likeness (QED) is 0.944. The molecule has 0 fully saturated rings. The highest BCUT2D eigenvalue weighted by Gasteiger charge is 2.18. The Balaban J connectivity index is 2.38. The van der Waals surface area contributed by atoms with Gasteiger partial charge in [-0.05, 0) is 24.6 Å². The molecule has 0 saturated heterocycles. The van der Waals surface area contributed by atoms with E-state index in [-0.39, 0.29) is 20.9 Å². The number of halogens is 2. The fraction of sp³-hybridized carbons (Fsp3) is 0.0909. The topological polar surface area (TPSA) is 72.0 Å². The first-order valence-electron chi connectivity index (χ1n) is 5.15. The van der Waals surface area contributed by atoms with Crippen molar-refractivity contribution in [1.82, 2.24) is 9.97 Å². The molecule has 1 heterocycles. The summed E-state index contributed by atoms with van der Waals surface area (Å²) in [7, 11) is -3.82. The Morgan fingerprint density at radius 1 is 1.21 bits per heavy atom. The number of hydrogen-bond donors (Lipinski definition) is 1. The van der Waals surface area contributed by atoms with Crippen molar-refractivity contribution in [1.29, 1.82) is 0 Å². The van der Waals surface area contributed by atoms with Crippen LogP contribution in [0.2, 0.25) is 10.2 Å². The van der Waals surface area contributed by atoms with Crippen LogP contribution in [0, 0.1) is 6.92 Å². The Morgan fingerprint density at radius 3 is 2.58 bits per heavy atom. The molecular formula is C11H9Cl2N3O2S. The van der Waals surface area contributed by atoms with Crippen molar-refractivity contribution in [2.24, 2.45) is 0 Å². The van der Waals surface area contributed by atoms with E-state index in [0.29, 0.717) is 0 Å². The SMILES string of the molecule is Cc1ccc(S(=O)(=O)Nc2cncc(Cl)n2)c(Cl)c1. The molecule has 5 nitrogen and oxygen atoms in total. The summed E-state index contributed by atoms with van der Waals surface area (Å²) in [5.74, 6) is 0.0316. The maximum atomic E-state index is 12.1. The molecule has 0 bridgehead atoms. The number of nitrogens with one attached hydrogen (secondary N) is 1. The lowest BCUT2D eigenvalue weighted by atomic mass is 10.2. The summed E-state index contributed by atoms with van der Waals surface area (Å²) in [6, 6.07) is 4.65. The molecule has 1 aromatic heterocycles. The highest BCUT2D eigenvalue weighted by atomic mass is 35.5. The van der Waals surface area contributed by atoms with Gasteiger partial charge in [-0.15, -0.1) is 0 Å². The summed E-state index contributed by atoms with van der Waals surface area (Å²) in [5.41, 5.74) is 0.867. The molecule has 1 aromatic carbocycles. The zero-order chi connectivity index (χ0) is 14.0. The Labute approximate surface area is 120 Å². The first kappa shape index (κ1) is 14.0. The number of hydrogen-bond acceptors (Lipinski definition) is 4. The van der Waals surface area contributed by atoms with Crippen molar-refractivity contribution < 1.29 is 8.42 Å². The number of anilines is 1. The van der Waals surface area contributed by atoms with E-state index in [0.717, 1.165) is 5.56 Å². The Morgan fingerprint density at radius 2 is 1.95 bits per heavy atom. The summed E-state index contributed by atoms with van der Waals surface area (Å²) in [6.07, 6.45) is 2.56. The number of aryl methyl sites for hydroxylation is 1. The van der Waals surface area contributed by atoms with Crippen LogP contribution in [0.5, 0.6) is 0 Å². The van der Waals surface area contributed by atoms with E-state index in [2.05, 4.69) is 14.7 Å². The molecule has 100 valence electrons. The van der Waals surface area contributed by atoms with Gasteiger partial charge in [0.1, 0.15) is 10.0 Å². The van der Waals surface area contributed by atoms with Gasteiger partial charge >= 0.3 is 0 Å². The van der Waals surface area contributed by atoms with Gasteiger partial charge in [-0.2, -0.15) is 0 Å². The van der Waals surface area contributed by atoms with E-state index in [1.165, 1.54) is 18.5 Å². The van der Waals surface area contributed by atoms with Gasteiger partial charge in [0.25, 0.3) is 10.0 Å². The minimum Gasteiger partial charge on any atom is -0.262 e. The van der Waals surface area contributed by atoms with E-state index in [1.54, 1.807) is 12.1 Å². The largest absolute Gasteiger partial charge is 0.264 e. The van der Waals surface area contributed by atoms with Crippen molar-refractivity contribution in [3.05, 3.63) is 46.3 Å². The van der Waals surface area contributed by atoms with Crippen molar-refractivity contribution in [2.75, 3.05) is 4.72 Å². The van der Waals surface area contributed by atoms with Gasteiger partial charge in [0, 0.05) is 0 Å². The normalized spacial score (nSPS) is 11.3. The zero-order valence-corrected chi connectivity index (χ0v) is 12.1. The second-order valence-corrected chi connectivity index (χ2v) is 6.21. The van der Waals surface area contributed by atoms with Crippen LogP contribution in [-0.2, 0) is 10.0 Å². The van der Waals surface area contributed by atoms with Crippen molar-refractivity contribution in [3.8, 4) is 0 Å². The van der Waals surface area contributed by atoms with Gasteiger partial charge in [-0.3, -0.25) is 9.71 Å². The molecule has 2 aromatic rings. The van der Waals surface area contributed by atoms with Crippen LogP contribution in [0.4, 0.5) is 5.82 Å². The first-order chi connectivity index (χ1) is 8.88. The lowest BCUT2D eigenvalue weighted by Crippen LogP contribution is -2.14. The van der Waals surface area contributed by atoms with E-state index < -0.39 is 10.0 Å². The van der Waals surface area contributed by atoms with Gasteiger partial charge < -0.3 is 0 Å². The Bertz CT molecular complexity index is 720. The van der Waals surface area contributed by atoms with Gasteiger partial charge in [-0.1, -0.05) is 29.3 Å². The third-order valence-corrected chi connectivity index (χ3v) is 4.24. The molecule has 2 rings (SSSR count). The van der Waals surface area contributed by atoms with Crippen LogP contribution in [0.15, 0.2) is 35.5 Å². The first-order valence-corrected chi connectivity index (χ1v) is 7.39. The van der Waals surface area contributed by atoms with Crippen LogP contribution in [0.1, 0.15) is 5.56 Å². The van der Waals surface area contributed by atoms with E-state index in [4.69, 9.17) is 23.2 Å². The molecule has 0 aliphatic carbocycles. The smallest absolute Gasteiger partial charge is 0.262 e. The summed E-state index contributed by atoms with van der Waals surface area (Å²) in [6.45, 7) is 1.82. The highest BCUT2D eigenvalue weighted by molar-refractivity contribution is 7.92. The standard InChI is InChI=1S/C11H9Cl2N3O2S/c1-7-2-3-9(8(12)4-7)19(17,18)16-11-6-14-5-10(13)15-11/h2-6H,1H3,(H,15,16). The minimum absolute atomic E-state index is 0.0263. The average Bonchev–Trinajstić information content (AvgIpc) is 2.27. The van der Waals surface area contributed by atoms with Crippen molar-refractivity contribution in [3.63, 3.8) is 0 Å². The molecule has 1 N–H and O–H groups in total. The molecule has 0 spiro atoms. The Hall–Kier alpha value is -1.37. The highest BCUT2D eigenvalue weighted by Crippen LogP contribution is 2.24. The molecule has 0 unspecified atom stereocenters. The average molecular weight is 318 g/mol. The van der Waals surface area contributed by atoms with Crippen LogP contribution in [0.3, 0.4) is 0 Å². The molecule has 8 heteroatoms. The molecule has 0 aliphatic heterocycles. The van der Waals surface area contributed by atoms with Gasteiger partial charge in [-0.25, -0.2) is 13.4 Å². The molecule has 0 radical (unpaired) electrons. The Kier molecular flexibility index (Phi) is 3.93. The van der Waals surface area contributed by atoms with Crippen LogP contribution < -0.4 is 4.72 Å². The number of benzene rings is 1. The second-order valence-electron chi connectivity index (χ2n) is 3.77. The molecule has 0 amide bonds. The molecule has 0 atom stereocenters. The molecule has 19 heavy (non-hydrogen) atoms. The number of sulfonamides is 1. The van der Waals surface area contributed by atoms with E-state index >= 15 is 0 Å². The van der Waals surface area contributed by atoms with Crippen LogP contribution in [0.25, 0.3) is 0 Å². The van der Waals surface area contributed by atoms with E-state index in [9.17, 15) is 8.42 Å². The van der Waals surface area contributed by atoms with Crippen molar-refractivity contribution >= 4 is 39.0 Å². The van der Waals surface area contributed by atoms with Crippen molar-refractivity contribution in [2.45, 2.75) is 11.8 Å². The minimum atomic E-state index is -3.82. The number of aromatic nitrogens is 2. The summed E-state index contributed by atoms with van der Waals surface area (Å²) >= 11 is 11.6. The summed E-state index contributed by atoms with van der Waals surface area (Å²) < 4.78 is 26.5. The maximum Gasteiger partial charge on any atom is 0.264 e. The third-order valence-electron chi connectivity index (χ3n) is 2.22. The molecule has 0 aliphatic rings. The monoisotopic (exact) mass is 317 g/mol. The predicted molar refractivity (Wildman–Crippen MR) is 74.0 cm³/mol. The number of rotatable bonds is 3. The lowest BCUT2D eigenvalue weighted by Gasteiger charge is -2.09. The van der Waals surface area contributed by atoms with Gasteiger partial charge in [0.2, 0.25) is 0 Å². The maximum absolute atomic E-state index is 12.1. The summed E-state index contributed by atoms with van der Waals surface area (Å²) in [4.78, 5) is 7.52. The van der Waals surface area contributed by atoms with Crippen LogP contribution >= 0.6 is 23.2 Å². The predicted octanol–water partition coefficient (Wildman–Crippen LogP) is 2.89. The second kappa shape index (κ2) is 5.32. The lowest BCUT2D eigenvalue weighted by molar-refractivity contribution is 0.601. The fourth-order valence-corrected chi connectivity index (χ4v) is 3.14. The summed E-state index contributed by atoms with van der Waals surface area (Å²) in [5, 5.41) is 0.234. The fourth-order valence-electron chi connectivity index (χ4n) is 1.41. The number of nitrogens with zero attached hydrogens (tertiary/aromatic N) is 2. The molecular weight excluding hydrogens is 309 g/mol. The van der Waals surface area contributed by atoms with Gasteiger partial charge in [0.05, 0.1) is 17.4 Å². The molecule has 0 saturated carbocycles. The van der Waals surface area contributed by atoms with Gasteiger partial charge in [0.15, 0.2) is 5.82 Å². The third kappa shape index (κ3) is 3.34. The van der Waals surface area contributed by atoms with Crippen LogP contribution in [-0.4, -0.2) is 18.4 Å².